The zero-order valence-electron chi connectivity index (χ0n) is 15.3. The highest BCUT2D eigenvalue weighted by Gasteiger charge is 2.28. The van der Waals surface area contributed by atoms with Gasteiger partial charge in [0.1, 0.15) is 17.3 Å². The third kappa shape index (κ3) is 3.17. The Labute approximate surface area is 154 Å². The fourth-order valence-corrected chi connectivity index (χ4v) is 4.02. The summed E-state index contributed by atoms with van der Waals surface area (Å²) in [6, 6.07) is 11.1. The molecule has 1 fully saturated rings. The van der Waals surface area contributed by atoms with Crippen molar-refractivity contribution in [3.63, 3.8) is 0 Å². The predicted octanol–water partition coefficient (Wildman–Crippen LogP) is 4.37. The second kappa shape index (κ2) is 6.69. The quantitative estimate of drug-likeness (QED) is 0.843. The van der Waals surface area contributed by atoms with E-state index in [4.69, 9.17) is 4.74 Å². The molecule has 2 N–H and O–H groups in total. The lowest BCUT2D eigenvalue weighted by Crippen LogP contribution is -2.29. The normalized spacial score (nSPS) is 18.5. The highest BCUT2D eigenvalue weighted by Crippen LogP contribution is 2.42. The van der Waals surface area contributed by atoms with Crippen LogP contribution in [0.15, 0.2) is 42.2 Å². The Morgan fingerprint density at radius 2 is 1.73 bits per heavy atom. The maximum absolute atomic E-state index is 10.6. The van der Waals surface area contributed by atoms with Gasteiger partial charge >= 0.3 is 0 Å². The summed E-state index contributed by atoms with van der Waals surface area (Å²) in [6.07, 6.45) is 2.73. The van der Waals surface area contributed by atoms with Gasteiger partial charge in [-0.3, -0.25) is 0 Å². The van der Waals surface area contributed by atoms with Crippen molar-refractivity contribution in [2.45, 2.75) is 32.1 Å². The summed E-state index contributed by atoms with van der Waals surface area (Å²) < 4.78 is 6.27. The molecule has 0 aromatic heterocycles. The molecule has 2 aliphatic rings. The van der Waals surface area contributed by atoms with Crippen molar-refractivity contribution < 1.29 is 14.9 Å². The van der Waals surface area contributed by atoms with E-state index in [1.807, 2.05) is 0 Å². The average molecular weight is 351 g/mol. The molecule has 1 saturated heterocycles. The second-order valence-corrected chi connectivity index (χ2v) is 7.52. The van der Waals surface area contributed by atoms with Crippen LogP contribution in [0.1, 0.15) is 41.0 Å². The van der Waals surface area contributed by atoms with Crippen LogP contribution in [0.5, 0.6) is 11.5 Å². The average Bonchev–Trinajstić information content (AvgIpc) is 2.62. The number of ether oxygens (including phenoxy) is 1. The Balaban J connectivity index is 1.72. The first-order valence-electron chi connectivity index (χ1n) is 9.22. The number of hydrogen-bond donors (Lipinski definition) is 2. The number of likely N-dealkylation sites (tertiary alicyclic amines) is 1. The Morgan fingerprint density at radius 1 is 1.04 bits per heavy atom. The molecule has 136 valence electrons. The van der Waals surface area contributed by atoms with Crippen molar-refractivity contribution in [1.82, 2.24) is 4.90 Å². The number of phenolic OH excluding ortho intramolecular Hbond substituents is 1. The smallest absolute Gasteiger partial charge is 0.172 e. The van der Waals surface area contributed by atoms with Crippen LogP contribution in [0, 0.1) is 6.92 Å². The van der Waals surface area contributed by atoms with Crippen LogP contribution in [0.2, 0.25) is 0 Å². The van der Waals surface area contributed by atoms with Crippen molar-refractivity contribution >= 4 is 5.76 Å². The van der Waals surface area contributed by atoms with Crippen molar-refractivity contribution in [3.05, 3.63) is 64.4 Å². The van der Waals surface area contributed by atoms with Gasteiger partial charge in [-0.15, -0.1) is 0 Å². The minimum Gasteiger partial charge on any atom is -0.508 e. The van der Waals surface area contributed by atoms with Gasteiger partial charge in [-0.2, -0.15) is 0 Å². The van der Waals surface area contributed by atoms with E-state index < -0.39 is 0 Å². The molecule has 2 aromatic rings. The van der Waals surface area contributed by atoms with E-state index >= 15 is 0 Å². The van der Waals surface area contributed by atoms with Gasteiger partial charge in [-0.05, 0) is 75.6 Å². The number of benzene rings is 2. The summed E-state index contributed by atoms with van der Waals surface area (Å²) in [5.74, 6) is 2.33. The number of nitrogens with zero attached hydrogens (tertiary/aromatic N) is 1. The van der Waals surface area contributed by atoms with Gasteiger partial charge in [-0.1, -0.05) is 17.7 Å². The van der Waals surface area contributed by atoms with Gasteiger partial charge in [0.15, 0.2) is 5.76 Å². The molecular weight excluding hydrogens is 326 g/mol. The van der Waals surface area contributed by atoms with Crippen LogP contribution >= 0.6 is 0 Å². The summed E-state index contributed by atoms with van der Waals surface area (Å²) in [7, 11) is 2.17. The topological polar surface area (TPSA) is 52.9 Å². The molecule has 0 spiro atoms. The van der Waals surface area contributed by atoms with Crippen LogP contribution in [-0.2, 0) is 6.42 Å². The third-order valence-electron chi connectivity index (χ3n) is 5.45. The molecule has 0 radical (unpaired) electrons. The molecule has 2 heterocycles. The lowest BCUT2D eigenvalue weighted by Gasteiger charge is -2.32. The molecule has 0 aliphatic carbocycles. The zero-order valence-corrected chi connectivity index (χ0v) is 15.3. The highest BCUT2D eigenvalue weighted by molar-refractivity contribution is 5.69. The van der Waals surface area contributed by atoms with E-state index in [1.165, 1.54) is 11.1 Å². The summed E-state index contributed by atoms with van der Waals surface area (Å²) >= 11 is 0. The number of fused-ring (bicyclic) bond motifs is 1. The predicted molar refractivity (Wildman–Crippen MR) is 103 cm³/mol. The van der Waals surface area contributed by atoms with Crippen LogP contribution in [-0.4, -0.2) is 35.3 Å². The van der Waals surface area contributed by atoms with Crippen molar-refractivity contribution in [2.24, 2.45) is 0 Å². The minimum atomic E-state index is 0.202. The van der Waals surface area contributed by atoms with Gasteiger partial charge in [0.2, 0.25) is 0 Å². The van der Waals surface area contributed by atoms with Crippen LogP contribution in [0.4, 0.5) is 0 Å². The SMILES string of the molecule is Cc1cc2c(c(C3CCN(C)CC3)c1)OC(c1ccc(O)cc1)=C(O)C2. The standard InChI is InChI=1S/C22H25NO3/c1-14-11-17-13-20(25)22(16-3-5-18(24)6-4-16)26-21(17)19(12-14)15-7-9-23(2)10-8-15/h3-6,11-12,15,24-25H,7-10,13H2,1-2H3. The number of hydrogen-bond acceptors (Lipinski definition) is 4. The van der Waals surface area contributed by atoms with Gasteiger partial charge < -0.3 is 19.8 Å². The van der Waals surface area contributed by atoms with E-state index in [0.717, 1.165) is 42.8 Å². The first kappa shape index (κ1) is 17.0. The number of aliphatic hydroxyl groups is 1. The number of aromatic hydroxyl groups is 1. The highest BCUT2D eigenvalue weighted by atomic mass is 16.5. The molecule has 4 heteroatoms. The first-order chi connectivity index (χ1) is 12.5. The number of allylic oxidation sites excluding steroid dienone is 1. The Hall–Kier alpha value is -2.46. The van der Waals surface area contributed by atoms with E-state index in [2.05, 4.69) is 31.0 Å². The Kier molecular flexibility index (Phi) is 4.37. The first-order valence-corrected chi connectivity index (χ1v) is 9.22. The van der Waals surface area contributed by atoms with Gasteiger partial charge in [-0.25, -0.2) is 0 Å². The zero-order chi connectivity index (χ0) is 18.3. The number of piperidine rings is 1. The molecule has 0 amide bonds. The van der Waals surface area contributed by atoms with Gasteiger partial charge in [0, 0.05) is 17.5 Å². The van der Waals surface area contributed by atoms with Gasteiger partial charge in [0.05, 0.1) is 0 Å². The molecule has 2 aliphatic heterocycles. The summed E-state index contributed by atoms with van der Waals surface area (Å²) in [5.41, 5.74) is 4.30. The van der Waals surface area contributed by atoms with E-state index in [9.17, 15) is 10.2 Å². The van der Waals surface area contributed by atoms with E-state index in [-0.39, 0.29) is 11.5 Å². The fourth-order valence-electron chi connectivity index (χ4n) is 4.02. The molecule has 4 rings (SSSR count). The maximum Gasteiger partial charge on any atom is 0.172 e. The third-order valence-corrected chi connectivity index (χ3v) is 5.45. The molecule has 0 saturated carbocycles. The number of aliphatic hydroxyl groups excluding tert-OH is 1. The summed E-state index contributed by atoms with van der Waals surface area (Å²) in [5, 5.41) is 20.1. The van der Waals surface area contributed by atoms with Crippen LogP contribution < -0.4 is 4.74 Å². The van der Waals surface area contributed by atoms with E-state index in [1.54, 1.807) is 24.3 Å². The summed E-state index contributed by atoms with van der Waals surface area (Å²) in [6.45, 7) is 4.30. The molecule has 4 nitrogen and oxygen atoms in total. The Bertz CT molecular complexity index is 846. The second-order valence-electron chi connectivity index (χ2n) is 7.52. The minimum absolute atomic E-state index is 0.202. The maximum atomic E-state index is 10.6. The largest absolute Gasteiger partial charge is 0.508 e. The molecule has 0 atom stereocenters. The molecule has 26 heavy (non-hydrogen) atoms. The number of rotatable bonds is 2. The van der Waals surface area contributed by atoms with Crippen molar-refractivity contribution in [2.75, 3.05) is 20.1 Å². The lowest BCUT2D eigenvalue weighted by atomic mass is 9.85. The van der Waals surface area contributed by atoms with E-state index in [0.29, 0.717) is 18.1 Å². The van der Waals surface area contributed by atoms with Crippen molar-refractivity contribution in [1.29, 1.82) is 0 Å². The monoisotopic (exact) mass is 351 g/mol. The lowest BCUT2D eigenvalue weighted by molar-refractivity contribution is 0.253. The fraction of sp³-hybridized carbons (Fsp3) is 0.364. The number of aryl methyl sites for hydroxylation is 1. The van der Waals surface area contributed by atoms with Gasteiger partial charge in [0.25, 0.3) is 0 Å². The van der Waals surface area contributed by atoms with Crippen molar-refractivity contribution in [3.8, 4) is 11.5 Å². The molecule has 2 aromatic carbocycles. The molecule has 0 unspecified atom stereocenters. The van der Waals surface area contributed by atoms with Crippen LogP contribution in [0.25, 0.3) is 5.76 Å². The van der Waals surface area contributed by atoms with Crippen LogP contribution in [0.3, 0.4) is 0 Å². The molecular formula is C22H25NO3. The Morgan fingerprint density at radius 3 is 2.42 bits per heavy atom. The summed E-state index contributed by atoms with van der Waals surface area (Å²) in [4.78, 5) is 2.37. The number of phenols is 1. The molecule has 0 bridgehead atoms.